The first-order valence-corrected chi connectivity index (χ1v) is 5.89. The highest BCUT2D eigenvalue weighted by Gasteiger charge is 2.09. The molecule has 0 heterocycles. The summed E-state index contributed by atoms with van der Waals surface area (Å²) in [5.41, 5.74) is 7.02. The predicted octanol–water partition coefficient (Wildman–Crippen LogP) is 1.44. The molecule has 4 nitrogen and oxygen atoms in total. The van der Waals surface area contributed by atoms with E-state index in [2.05, 4.69) is 0 Å². The lowest BCUT2D eigenvalue weighted by Gasteiger charge is -2.21. The Morgan fingerprint density at radius 3 is 2.35 bits per heavy atom. The Hall–Kier alpha value is -1.55. The molecular formula is C13H20N2O2. The average molecular weight is 236 g/mol. The van der Waals surface area contributed by atoms with Crippen molar-refractivity contribution in [3.05, 3.63) is 29.8 Å². The molecule has 1 rings (SSSR count). The molecule has 0 aliphatic rings. The van der Waals surface area contributed by atoms with Gasteiger partial charge in [0.05, 0.1) is 12.6 Å². The van der Waals surface area contributed by atoms with Gasteiger partial charge in [-0.1, -0.05) is 19.1 Å². The third kappa shape index (κ3) is 3.75. The molecule has 3 N–H and O–H groups in total. The average Bonchev–Trinajstić information content (AvgIpc) is 2.35. The van der Waals surface area contributed by atoms with Gasteiger partial charge >= 0.3 is 0 Å². The molecule has 1 aromatic carbocycles. The highest BCUT2D eigenvalue weighted by atomic mass is 16.3. The summed E-state index contributed by atoms with van der Waals surface area (Å²) in [7, 11) is 0. The molecule has 0 aliphatic heterocycles. The smallest absolute Gasteiger partial charge is 0.236 e. The van der Waals surface area contributed by atoms with E-state index in [4.69, 9.17) is 5.73 Å². The first kappa shape index (κ1) is 13.5. The fraction of sp³-hybridized carbons (Fsp3) is 0.462. The van der Waals surface area contributed by atoms with E-state index < -0.39 is 6.10 Å². The summed E-state index contributed by atoms with van der Waals surface area (Å²) >= 11 is 0. The largest absolute Gasteiger partial charge is 0.388 e. The van der Waals surface area contributed by atoms with Gasteiger partial charge in [-0.2, -0.15) is 0 Å². The molecule has 0 radical (unpaired) electrons. The number of aliphatic hydroxyl groups excluding tert-OH is 1. The van der Waals surface area contributed by atoms with E-state index in [0.29, 0.717) is 6.42 Å². The van der Waals surface area contributed by atoms with Crippen molar-refractivity contribution in [1.82, 2.24) is 0 Å². The van der Waals surface area contributed by atoms with E-state index in [1.807, 2.05) is 43.0 Å². The molecule has 1 aromatic rings. The summed E-state index contributed by atoms with van der Waals surface area (Å²) in [5.74, 6) is -0.343. The summed E-state index contributed by atoms with van der Waals surface area (Å²) in [5, 5.41) is 9.67. The predicted molar refractivity (Wildman–Crippen MR) is 68.8 cm³/mol. The minimum atomic E-state index is -0.421. The first-order valence-electron chi connectivity index (χ1n) is 5.89. The van der Waals surface area contributed by atoms with Gasteiger partial charge in [0.15, 0.2) is 0 Å². The summed E-state index contributed by atoms with van der Waals surface area (Å²) in [6, 6.07) is 7.57. The molecule has 0 bridgehead atoms. The molecular weight excluding hydrogens is 216 g/mol. The van der Waals surface area contributed by atoms with Crippen LogP contribution in [0.25, 0.3) is 0 Å². The monoisotopic (exact) mass is 236 g/mol. The van der Waals surface area contributed by atoms with E-state index in [1.165, 1.54) is 0 Å². The molecule has 17 heavy (non-hydrogen) atoms. The Kier molecular flexibility index (Phi) is 4.97. The number of nitrogens with two attached hydrogens (primary N) is 1. The minimum absolute atomic E-state index is 0.214. The van der Waals surface area contributed by atoms with Crippen molar-refractivity contribution in [1.29, 1.82) is 0 Å². The molecule has 0 saturated heterocycles. The highest BCUT2D eigenvalue weighted by molar-refractivity contribution is 5.79. The second-order valence-electron chi connectivity index (χ2n) is 4.00. The van der Waals surface area contributed by atoms with Crippen molar-refractivity contribution < 1.29 is 9.90 Å². The normalized spacial score (nSPS) is 12.2. The molecule has 1 atom stereocenters. The van der Waals surface area contributed by atoms with Crippen LogP contribution in [0.3, 0.4) is 0 Å². The molecule has 94 valence electrons. The van der Waals surface area contributed by atoms with Crippen LogP contribution in [0, 0.1) is 0 Å². The lowest BCUT2D eigenvalue weighted by Crippen LogP contribution is -2.33. The summed E-state index contributed by atoms with van der Waals surface area (Å²) < 4.78 is 0. The van der Waals surface area contributed by atoms with Gasteiger partial charge < -0.3 is 15.7 Å². The number of nitrogens with zero attached hydrogens (tertiary/aromatic N) is 1. The number of likely N-dealkylation sites (N-methyl/N-ethyl adjacent to an activating group) is 1. The van der Waals surface area contributed by atoms with Crippen LogP contribution in [0.1, 0.15) is 31.9 Å². The zero-order chi connectivity index (χ0) is 12.8. The van der Waals surface area contributed by atoms with Crippen LogP contribution in [-0.2, 0) is 4.79 Å². The van der Waals surface area contributed by atoms with Gasteiger partial charge in [-0.3, -0.25) is 4.79 Å². The quantitative estimate of drug-likeness (QED) is 0.785. The zero-order valence-electron chi connectivity index (χ0n) is 10.4. The maximum atomic E-state index is 10.9. The van der Waals surface area contributed by atoms with Gasteiger partial charge in [-0.05, 0) is 31.0 Å². The fourth-order valence-corrected chi connectivity index (χ4v) is 1.72. The zero-order valence-corrected chi connectivity index (χ0v) is 10.4. The summed E-state index contributed by atoms with van der Waals surface area (Å²) in [6.45, 7) is 4.84. The van der Waals surface area contributed by atoms with Crippen molar-refractivity contribution in [3.63, 3.8) is 0 Å². The highest BCUT2D eigenvalue weighted by Crippen LogP contribution is 2.20. The Morgan fingerprint density at radius 2 is 1.94 bits per heavy atom. The molecule has 0 aliphatic carbocycles. The standard InChI is InChI=1S/C13H20N2O2/c1-3-12(16)10-5-7-11(8-6-10)15(4-2)9-13(14)17/h5-8,12,16H,3-4,9H2,1-2H3,(H2,14,17)/t12-/m1/s1. The van der Waals surface area contributed by atoms with Crippen molar-refractivity contribution in [3.8, 4) is 0 Å². The van der Waals surface area contributed by atoms with Crippen LogP contribution in [0.5, 0.6) is 0 Å². The number of benzene rings is 1. The van der Waals surface area contributed by atoms with Crippen LogP contribution < -0.4 is 10.6 Å². The molecule has 0 saturated carbocycles. The number of hydrogen-bond acceptors (Lipinski definition) is 3. The molecule has 0 unspecified atom stereocenters. The second kappa shape index (κ2) is 6.25. The molecule has 0 aromatic heterocycles. The number of carbonyl (C=O) groups excluding carboxylic acids is 1. The maximum absolute atomic E-state index is 10.9. The Bertz CT molecular complexity index is 362. The molecule has 1 amide bonds. The van der Waals surface area contributed by atoms with Crippen LogP contribution >= 0.6 is 0 Å². The number of rotatable bonds is 6. The van der Waals surface area contributed by atoms with Crippen LogP contribution in [0.15, 0.2) is 24.3 Å². The third-order valence-corrected chi connectivity index (χ3v) is 2.76. The van der Waals surface area contributed by atoms with Crippen molar-refractivity contribution in [2.75, 3.05) is 18.0 Å². The molecule has 0 fully saturated rings. The van der Waals surface area contributed by atoms with Gasteiger partial charge in [0.2, 0.25) is 5.91 Å². The molecule has 4 heteroatoms. The van der Waals surface area contributed by atoms with Gasteiger partial charge in [0.25, 0.3) is 0 Å². The number of anilines is 1. The van der Waals surface area contributed by atoms with Gasteiger partial charge in [-0.25, -0.2) is 0 Å². The Labute approximate surface area is 102 Å². The number of amides is 1. The van der Waals surface area contributed by atoms with E-state index >= 15 is 0 Å². The summed E-state index contributed by atoms with van der Waals surface area (Å²) in [4.78, 5) is 12.8. The summed E-state index contributed by atoms with van der Waals surface area (Å²) in [6.07, 6.45) is 0.272. The van der Waals surface area contributed by atoms with E-state index in [-0.39, 0.29) is 12.5 Å². The van der Waals surface area contributed by atoms with Gasteiger partial charge in [0, 0.05) is 12.2 Å². The third-order valence-electron chi connectivity index (χ3n) is 2.76. The molecule has 0 spiro atoms. The van der Waals surface area contributed by atoms with Gasteiger partial charge in [0.1, 0.15) is 0 Å². The van der Waals surface area contributed by atoms with E-state index in [9.17, 15) is 9.90 Å². The van der Waals surface area contributed by atoms with E-state index in [0.717, 1.165) is 17.8 Å². The van der Waals surface area contributed by atoms with E-state index in [1.54, 1.807) is 0 Å². The Morgan fingerprint density at radius 1 is 1.35 bits per heavy atom. The fourth-order valence-electron chi connectivity index (χ4n) is 1.72. The number of carbonyl (C=O) groups is 1. The van der Waals surface area contributed by atoms with Crippen molar-refractivity contribution in [2.45, 2.75) is 26.4 Å². The lowest BCUT2D eigenvalue weighted by atomic mass is 10.1. The SMILES string of the molecule is CC[C@@H](O)c1ccc(N(CC)CC(N)=O)cc1. The van der Waals surface area contributed by atoms with Crippen LogP contribution in [-0.4, -0.2) is 24.1 Å². The topological polar surface area (TPSA) is 66.6 Å². The number of hydrogen-bond donors (Lipinski definition) is 2. The maximum Gasteiger partial charge on any atom is 0.236 e. The minimum Gasteiger partial charge on any atom is -0.388 e. The Balaban J connectivity index is 2.81. The van der Waals surface area contributed by atoms with Crippen molar-refractivity contribution in [2.24, 2.45) is 5.73 Å². The van der Waals surface area contributed by atoms with Crippen molar-refractivity contribution >= 4 is 11.6 Å². The van der Waals surface area contributed by atoms with Gasteiger partial charge in [-0.15, -0.1) is 0 Å². The second-order valence-corrected chi connectivity index (χ2v) is 4.00. The number of primary amides is 1. The van der Waals surface area contributed by atoms with Crippen LogP contribution in [0.4, 0.5) is 5.69 Å². The number of aliphatic hydroxyl groups is 1. The first-order chi connectivity index (χ1) is 8.08. The lowest BCUT2D eigenvalue weighted by molar-refractivity contribution is -0.116. The van der Waals surface area contributed by atoms with Crippen LogP contribution in [0.2, 0.25) is 0 Å².